The van der Waals surface area contributed by atoms with Crippen LogP contribution in [0.5, 0.6) is 0 Å². The van der Waals surface area contributed by atoms with Gasteiger partial charge in [-0.05, 0) is 54.4 Å². The van der Waals surface area contributed by atoms with Gasteiger partial charge in [-0.25, -0.2) is 0 Å². The number of allylic oxidation sites excluding steroid dienone is 1. The van der Waals surface area contributed by atoms with Crippen molar-refractivity contribution in [3.8, 4) is 0 Å². The molecule has 0 aromatic rings. The molecular formula is C136H280O6Si5. The smallest absolute Gasteiger partial charge is 0.390 e. The van der Waals surface area contributed by atoms with Crippen molar-refractivity contribution in [3.05, 3.63) is 12.3 Å². The van der Waals surface area contributed by atoms with Crippen molar-refractivity contribution in [3.63, 3.8) is 0 Å². The standard InChI is InChI=1S/C136H280O6Si5/c1-14-25-36-47-58-69-80-91-102-113-124-143(125-114-103-92-81-70-59-48-37-26-15-2,126-115-104-93-82-71-60-49-38-27-16-3)139-145(129-118-107-96-85-74-63-52-41-30-19-6,130-119-108-97-86-75-64-53-42-31-20-7)141-147(133-122-111-100-89-78-67-56-45-34-23-10,134-123-112-101-90-79-68-57-46-35-24-11)142-146(131-120-109-98-87-76-65-54-43-32-21-8,132-121-110-99-88-77-66-55-44-33-22-9)140-144(138-136(13)135(12)137,127-116-105-94-83-72-61-50-39-28-17-4)128-117-106-95-84-73-62-51-40-29-18-5/h13-134H2,1-12H3. The minimum absolute atomic E-state index is 0.00103. The van der Waals surface area contributed by atoms with Gasteiger partial charge in [-0.2, -0.15) is 0 Å². The van der Waals surface area contributed by atoms with Gasteiger partial charge in [0.05, 0.1) is 0 Å². The third kappa shape index (κ3) is 97.9. The Hall–Kier alpha value is 0.134. The molecule has 0 aromatic carbocycles. The van der Waals surface area contributed by atoms with E-state index in [1.165, 1.54) is 724 Å². The van der Waals surface area contributed by atoms with Gasteiger partial charge in [-0.15, -0.1) is 0 Å². The molecule has 147 heavy (non-hydrogen) atoms. The van der Waals surface area contributed by atoms with Gasteiger partial charge >= 0.3 is 34.2 Å². The van der Waals surface area contributed by atoms with Crippen LogP contribution in [0.1, 0.15) is 789 Å². The zero-order chi connectivity index (χ0) is 107. The topological polar surface area (TPSA) is 63.2 Å². The summed E-state index contributed by atoms with van der Waals surface area (Å²) in [5.41, 5.74) is 0. The molecule has 0 unspecified atom stereocenters. The van der Waals surface area contributed by atoms with Crippen molar-refractivity contribution in [1.82, 2.24) is 0 Å². The highest BCUT2D eigenvalue weighted by molar-refractivity contribution is 6.92. The molecule has 0 fully saturated rings. The monoisotopic (exact) mass is 2150 g/mol. The summed E-state index contributed by atoms with van der Waals surface area (Å²) in [6, 6.07) is 12.5. The lowest BCUT2D eigenvalue weighted by Crippen LogP contribution is -2.65. The maximum absolute atomic E-state index is 14.7. The molecule has 0 aliphatic rings. The number of hydrogen-bond acceptors (Lipinski definition) is 6. The number of unbranched alkanes of at least 4 members (excludes halogenated alkanes) is 99. The summed E-state index contributed by atoms with van der Waals surface area (Å²) in [4.78, 5) is 14.7. The Morgan fingerprint density at radius 1 is 0.136 bits per heavy atom. The van der Waals surface area contributed by atoms with E-state index in [1.807, 2.05) is 0 Å². The van der Waals surface area contributed by atoms with Gasteiger partial charge in [0.25, 0.3) is 0 Å². The highest BCUT2D eigenvalue weighted by Crippen LogP contribution is 2.47. The van der Waals surface area contributed by atoms with E-state index in [0.717, 1.165) is 49.1 Å². The zero-order valence-corrected chi connectivity index (χ0v) is 109. The quantitative estimate of drug-likeness (QED) is 0.0262. The van der Waals surface area contributed by atoms with Crippen molar-refractivity contribution in [1.29, 1.82) is 0 Å². The highest BCUT2D eigenvalue weighted by Gasteiger charge is 2.58. The lowest BCUT2D eigenvalue weighted by Gasteiger charge is -2.50. The van der Waals surface area contributed by atoms with Gasteiger partial charge in [0, 0.05) is 19.0 Å². The van der Waals surface area contributed by atoms with Crippen LogP contribution in [0.2, 0.25) is 66.5 Å². The second-order valence-corrected chi connectivity index (χ2v) is 68.2. The molecule has 0 atom stereocenters. The van der Waals surface area contributed by atoms with Gasteiger partial charge in [0.1, 0.15) is 5.76 Å². The Labute approximate surface area is 935 Å². The predicted molar refractivity (Wildman–Crippen MR) is 677 cm³/mol. The molecule has 0 amide bonds. The first kappa shape index (κ1) is 147. The Balaban J connectivity index is 10.8. The fourth-order valence-electron chi connectivity index (χ4n) is 24.5. The van der Waals surface area contributed by atoms with Gasteiger partial charge in [0.2, 0.25) is 0 Å². The summed E-state index contributed by atoms with van der Waals surface area (Å²) < 4.78 is 47.0. The Morgan fingerprint density at radius 2 is 0.231 bits per heavy atom. The van der Waals surface area contributed by atoms with E-state index in [1.54, 1.807) is 6.92 Å². The number of rotatable bonds is 132. The van der Waals surface area contributed by atoms with Gasteiger partial charge in [-0.3, -0.25) is 4.79 Å². The average Bonchev–Trinajstić information content (AvgIpc) is 0.760. The molecule has 0 N–H and O–H groups in total. The summed E-state index contributed by atoms with van der Waals surface area (Å²) in [5.74, 6) is 0.388. The van der Waals surface area contributed by atoms with Gasteiger partial charge in [0.15, 0.2) is 14.1 Å². The molecule has 0 aliphatic heterocycles. The van der Waals surface area contributed by atoms with E-state index in [0.29, 0.717) is 5.76 Å². The fraction of sp³-hybridized carbons (Fsp3) is 0.978. The second-order valence-electron chi connectivity index (χ2n) is 49.6. The largest absolute Gasteiger partial charge is 0.518 e. The van der Waals surface area contributed by atoms with Crippen LogP contribution in [0.15, 0.2) is 12.3 Å². The Morgan fingerprint density at radius 3 is 0.354 bits per heavy atom. The lowest BCUT2D eigenvalue weighted by molar-refractivity contribution is -0.115. The molecule has 0 radical (unpaired) electrons. The van der Waals surface area contributed by atoms with Crippen LogP contribution in [0.3, 0.4) is 0 Å². The number of ketones is 1. The maximum atomic E-state index is 14.7. The van der Waals surface area contributed by atoms with E-state index < -0.39 is 42.6 Å². The first-order chi connectivity index (χ1) is 72.3. The van der Waals surface area contributed by atoms with E-state index in [4.69, 9.17) is 11.0 Å². The number of carbonyl (C=O) groups is 1. The third-order valence-electron chi connectivity index (χ3n) is 34.5. The molecule has 0 rings (SSSR count). The van der Waals surface area contributed by atoms with Crippen molar-refractivity contribution in [2.24, 2.45) is 0 Å². The van der Waals surface area contributed by atoms with Crippen molar-refractivity contribution >= 4 is 48.3 Å². The molecular weight excluding hydrogens is 1870 g/mol. The normalized spacial score (nSPS) is 12.4. The summed E-state index contributed by atoms with van der Waals surface area (Å²) in [7, 11) is -16.2. The molecule has 11 heteroatoms. The van der Waals surface area contributed by atoms with Crippen molar-refractivity contribution in [2.45, 2.75) is 856 Å². The second kappa shape index (κ2) is 117. The Kier molecular flexibility index (Phi) is 117. The summed E-state index contributed by atoms with van der Waals surface area (Å²) >= 11 is 0. The molecule has 0 bridgehead atoms. The zero-order valence-electron chi connectivity index (χ0n) is 104. The summed E-state index contributed by atoms with van der Waals surface area (Å²) in [5, 5.41) is 0. The molecule has 0 saturated carbocycles. The number of carbonyl (C=O) groups excluding carboxylic acids is 1. The first-order valence-electron chi connectivity index (χ1n) is 70.0. The Bertz CT molecular complexity index is 2380. The predicted octanol–water partition coefficient (Wildman–Crippen LogP) is 52.0. The van der Waals surface area contributed by atoms with Crippen molar-refractivity contribution in [2.75, 3.05) is 0 Å². The van der Waals surface area contributed by atoms with Crippen LogP contribution in [-0.4, -0.2) is 48.3 Å². The maximum Gasteiger partial charge on any atom is 0.390 e. The minimum atomic E-state index is -3.47. The number of Topliss-reactive ketones (excluding diaryl/α,β-unsaturated/α-hetero) is 1. The van der Waals surface area contributed by atoms with Crippen LogP contribution in [0.25, 0.3) is 0 Å². The molecule has 880 valence electrons. The minimum Gasteiger partial charge on any atom is -0.518 e. The van der Waals surface area contributed by atoms with Gasteiger partial charge < -0.3 is 20.9 Å². The van der Waals surface area contributed by atoms with E-state index in [-0.39, 0.29) is 5.78 Å². The van der Waals surface area contributed by atoms with E-state index in [2.05, 4.69) is 76.2 Å². The van der Waals surface area contributed by atoms with Crippen LogP contribution in [0, 0.1) is 0 Å². The fourth-order valence-corrected chi connectivity index (χ4v) is 56.1. The summed E-state index contributed by atoms with van der Waals surface area (Å²) in [6.07, 6.45) is 149. The number of hydrogen-bond donors (Lipinski definition) is 0. The molecule has 0 spiro atoms. The average molecular weight is 2150 g/mol. The first-order valence-corrected chi connectivity index (χ1v) is 81.5. The van der Waals surface area contributed by atoms with E-state index in [9.17, 15) is 21.3 Å². The lowest BCUT2D eigenvalue weighted by atomic mass is 10.1. The van der Waals surface area contributed by atoms with E-state index >= 15 is 0 Å². The highest BCUT2D eigenvalue weighted by atomic mass is 28.5. The molecule has 0 saturated heterocycles. The van der Waals surface area contributed by atoms with Crippen LogP contribution < -0.4 is 0 Å². The van der Waals surface area contributed by atoms with Gasteiger partial charge in [-0.1, -0.05) is 789 Å². The molecule has 0 aliphatic carbocycles. The molecule has 6 nitrogen and oxygen atoms in total. The van der Waals surface area contributed by atoms with Crippen LogP contribution in [0.4, 0.5) is 0 Å². The third-order valence-corrected chi connectivity index (χ3v) is 60.0. The SMILES string of the molecule is C=C(O[Si](CCCCCCCCCCCC)(CCCCCCCCCCCC)O[Si](CCCCCCCCCCCC)(CCCCCCCCCCCC)O[Si](CCCCCCCCCCCC)(CCCCCCCCCCCC)O[Si](CCCCCCCCCCCC)(CCCCCCCCCCCC)O[Si](CCCCCCCCCCCC)(CCCCCCCCCCCC)CCCCCCCCCCCC)C(C)=O. The molecule has 0 heterocycles. The molecule has 0 aromatic heterocycles. The van der Waals surface area contributed by atoms with Crippen LogP contribution in [-0.2, 0) is 25.7 Å². The van der Waals surface area contributed by atoms with Crippen molar-refractivity contribution < 1.29 is 25.7 Å². The van der Waals surface area contributed by atoms with Crippen LogP contribution >= 0.6 is 0 Å². The summed E-state index contributed by atoms with van der Waals surface area (Å²) in [6.45, 7) is 32.8.